The zero-order chi connectivity index (χ0) is 16.6. The van der Waals surface area contributed by atoms with Gasteiger partial charge in [-0.3, -0.25) is 9.48 Å². The fourth-order valence-corrected chi connectivity index (χ4v) is 3.46. The Kier molecular flexibility index (Phi) is 4.43. The van der Waals surface area contributed by atoms with Crippen molar-refractivity contribution in [2.45, 2.75) is 52.6 Å². The second kappa shape index (κ2) is 6.35. The molecule has 1 amide bonds. The van der Waals surface area contributed by atoms with Crippen LogP contribution < -0.4 is 0 Å². The molecule has 124 valence electrons. The van der Waals surface area contributed by atoms with Crippen LogP contribution >= 0.6 is 11.6 Å². The Balaban J connectivity index is 1.71. The highest BCUT2D eigenvalue weighted by atomic mass is 35.5. The van der Waals surface area contributed by atoms with Crippen LogP contribution in [0.15, 0.2) is 10.6 Å². The van der Waals surface area contributed by atoms with Crippen LogP contribution in [0, 0.1) is 20.8 Å². The van der Waals surface area contributed by atoms with Gasteiger partial charge in [0.1, 0.15) is 0 Å². The molecule has 3 rings (SSSR count). The van der Waals surface area contributed by atoms with E-state index in [9.17, 15) is 4.79 Å². The quantitative estimate of drug-likeness (QED) is 0.861. The zero-order valence-corrected chi connectivity index (χ0v) is 14.4. The number of likely N-dealkylation sites (tertiary alicyclic amines) is 1. The van der Waals surface area contributed by atoms with Gasteiger partial charge >= 0.3 is 0 Å². The van der Waals surface area contributed by atoms with Crippen molar-refractivity contribution in [1.82, 2.24) is 19.8 Å². The van der Waals surface area contributed by atoms with Gasteiger partial charge in [0.15, 0.2) is 0 Å². The lowest BCUT2D eigenvalue weighted by Gasteiger charge is -2.25. The number of nitrogens with zero attached hydrogens (tertiary/aromatic N) is 4. The topological polar surface area (TPSA) is 64.2 Å². The first-order valence-electron chi connectivity index (χ1n) is 7.87. The number of hydrogen-bond donors (Lipinski definition) is 0. The van der Waals surface area contributed by atoms with Gasteiger partial charge in [0.2, 0.25) is 11.1 Å². The molecular weight excluding hydrogens is 316 g/mol. The predicted octanol–water partition coefficient (Wildman–Crippen LogP) is 2.68. The number of carbonyl (C=O) groups excluding carboxylic acids is 1. The lowest BCUT2D eigenvalue weighted by atomic mass is 10.1. The molecule has 2 aromatic heterocycles. The van der Waals surface area contributed by atoms with Crippen LogP contribution in [-0.2, 0) is 17.8 Å². The summed E-state index contributed by atoms with van der Waals surface area (Å²) in [6.45, 7) is 7.35. The van der Waals surface area contributed by atoms with Gasteiger partial charge in [-0.15, -0.1) is 0 Å². The normalized spacial score (nSPS) is 17.9. The molecule has 0 aliphatic carbocycles. The minimum absolute atomic E-state index is 0.0715. The van der Waals surface area contributed by atoms with Crippen molar-refractivity contribution in [3.05, 3.63) is 33.9 Å². The van der Waals surface area contributed by atoms with Gasteiger partial charge in [-0.2, -0.15) is 5.10 Å². The zero-order valence-electron chi connectivity index (χ0n) is 13.7. The smallest absolute Gasteiger partial charge is 0.229 e. The summed E-state index contributed by atoms with van der Waals surface area (Å²) < 4.78 is 6.92. The second-order valence-corrected chi connectivity index (χ2v) is 6.53. The SMILES string of the molecule is Cc1cc(C)n(CC2CCCN2C(=O)Cc2c(C)noc2Cl)n1. The maximum atomic E-state index is 12.7. The largest absolute Gasteiger partial charge is 0.344 e. The average molecular weight is 337 g/mol. The molecule has 2 aromatic rings. The van der Waals surface area contributed by atoms with E-state index in [1.54, 1.807) is 6.92 Å². The lowest BCUT2D eigenvalue weighted by molar-refractivity contribution is -0.131. The van der Waals surface area contributed by atoms with Gasteiger partial charge < -0.3 is 9.42 Å². The third-order valence-electron chi connectivity index (χ3n) is 4.45. The number of aromatic nitrogens is 3. The first kappa shape index (κ1) is 16.1. The lowest BCUT2D eigenvalue weighted by Crippen LogP contribution is -2.39. The Hall–Kier alpha value is -1.82. The van der Waals surface area contributed by atoms with Crippen molar-refractivity contribution < 1.29 is 9.32 Å². The number of hydrogen-bond acceptors (Lipinski definition) is 4. The first-order chi connectivity index (χ1) is 11.0. The van der Waals surface area contributed by atoms with Crippen LogP contribution in [0.4, 0.5) is 0 Å². The van der Waals surface area contributed by atoms with E-state index in [0.717, 1.165) is 37.3 Å². The Morgan fingerprint density at radius 1 is 1.43 bits per heavy atom. The molecule has 1 saturated heterocycles. The maximum absolute atomic E-state index is 12.7. The van der Waals surface area contributed by atoms with Gasteiger partial charge in [0, 0.05) is 17.8 Å². The molecule has 6 nitrogen and oxygen atoms in total. The average Bonchev–Trinajstić information content (AvgIpc) is 3.16. The van der Waals surface area contributed by atoms with Crippen LogP contribution in [0.3, 0.4) is 0 Å². The van der Waals surface area contributed by atoms with Crippen LogP contribution in [0.2, 0.25) is 5.22 Å². The van der Waals surface area contributed by atoms with Crippen LogP contribution in [-0.4, -0.2) is 38.3 Å². The van der Waals surface area contributed by atoms with Gasteiger partial charge in [0.25, 0.3) is 0 Å². The molecule has 0 spiro atoms. The Morgan fingerprint density at radius 2 is 2.22 bits per heavy atom. The van der Waals surface area contributed by atoms with E-state index in [1.165, 1.54) is 0 Å². The van der Waals surface area contributed by atoms with Crippen molar-refractivity contribution in [2.75, 3.05) is 6.54 Å². The van der Waals surface area contributed by atoms with Crippen molar-refractivity contribution in [3.8, 4) is 0 Å². The predicted molar refractivity (Wildman–Crippen MR) is 86.4 cm³/mol. The molecule has 3 heterocycles. The van der Waals surface area contributed by atoms with Gasteiger partial charge in [0.05, 0.1) is 30.4 Å². The van der Waals surface area contributed by atoms with E-state index >= 15 is 0 Å². The van der Waals surface area contributed by atoms with E-state index < -0.39 is 0 Å². The van der Waals surface area contributed by atoms with Crippen molar-refractivity contribution in [2.24, 2.45) is 0 Å². The molecule has 0 aromatic carbocycles. The third kappa shape index (κ3) is 3.27. The number of carbonyl (C=O) groups is 1. The van der Waals surface area contributed by atoms with Crippen molar-refractivity contribution >= 4 is 17.5 Å². The summed E-state index contributed by atoms with van der Waals surface area (Å²) in [6.07, 6.45) is 2.26. The molecule has 1 unspecified atom stereocenters. The summed E-state index contributed by atoms with van der Waals surface area (Å²) >= 11 is 5.97. The van der Waals surface area contributed by atoms with Crippen molar-refractivity contribution in [1.29, 1.82) is 0 Å². The summed E-state index contributed by atoms with van der Waals surface area (Å²) in [5.41, 5.74) is 3.50. The molecular formula is C16H21ClN4O2. The molecule has 7 heteroatoms. The summed E-state index contributed by atoms with van der Waals surface area (Å²) in [6, 6.07) is 2.24. The molecule has 0 N–H and O–H groups in total. The standard InChI is InChI=1S/C16H21ClN4O2/c1-10-7-11(2)21(18-10)9-13-5-4-6-20(13)15(22)8-14-12(3)19-23-16(14)17/h7,13H,4-6,8-9H2,1-3H3. The molecule has 0 bridgehead atoms. The number of halogens is 1. The van der Waals surface area contributed by atoms with Gasteiger partial charge in [-0.25, -0.2) is 0 Å². The molecule has 0 saturated carbocycles. The number of aryl methyl sites for hydroxylation is 3. The monoisotopic (exact) mass is 336 g/mol. The highest BCUT2D eigenvalue weighted by Crippen LogP contribution is 2.24. The highest BCUT2D eigenvalue weighted by Gasteiger charge is 2.30. The molecule has 0 radical (unpaired) electrons. The van der Waals surface area contributed by atoms with E-state index in [1.807, 2.05) is 23.4 Å². The van der Waals surface area contributed by atoms with E-state index in [-0.39, 0.29) is 23.6 Å². The first-order valence-corrected chi connectivity index (χ1v) is 8.24. The van der Waals surface area contributed by atoms with Crippen LogP contribution in [0.1, 0.15) is 35.5 Å². The summed E-state index contributed by atoms with van der Waals surface area (Å²) in [7, 11) is 0. The minimum Gasteiger partial charge on any atom is -0.344 e. The second-order valence-electron chi connectivity index (χ2n) is 6.19. The summed E-state index contributed by atoms with van der Waals surface area (Å²) in [5, 5.41) is 8.52. The fourth-order valence-electron chi connectivity index (χ4n) is 3.22. The number of rotatable bonds is 4. The highest BCUT2D eigenvalue weighted by molar-refractivity contribution is 6.29. The van der Waals surface area contributed by atoms with Crippen molar-refractivity contribution in [3.63, 3.8) is 0 Å². The Labute approximate surface area is 140 Å². The summed E-state index contributed by atoms with van der Waals surface area (Å²) in [4.78, 5) is 14.6. The van der Waals surface area contributed by atoms with Crippen LogP contribution in [0.5, 0.6) is 0 Å². The molecule has 1 aliphatic heterocycles. The molecule has 1 atom stereocenters. The maximum Gasteiger partial charge on any atom is 0.229 e. The van der Waals surface area contributed by atoms with Crippen LogP contribution in [0.25, 0.3) is 0 Å². The fraction of sp³-hybridized carbons (Fsp3) is 0.562. The van der Waals surface area contributed by atoms with Gasteiger partial charge in [-0.1, -0.05) is 5.16 Å². The minimum atomic E-state index is 0.0715. The van der Waals surface area contributed by atoms with E-state index in [0.29, 0.717) is 11.3 Å². The Bertz CT molecular complexity index is 702. The Morgan fingerprint density at radius 3 is 2.83 bits per heavy atom. The molecule has 1 aliphatic rings. The summed E-state index contributed by atoms with van der Waals surface area (Å²) in [5.74, 6) is 0.0715. The van der Waals surface area contributed by atoms with E-state index in [4.69, 9.17) is 16.1 Å². The van der Waals surface area contributed by atoms with E-state index in [2.05, 4.69) is 16.3 Å². The molecule has 1 fully saturated rings. The third-order valence-corrected chi connectivity index (χ3v) is 4.75. The number of amides is 1. The van der Waals surface area contributed by atoms with Gasteiger partial charge in [-0.05, 0) is 51.3 Å². The molecule has 23 heavy (non-hydrogen) atoms.